The van der Waals surface area contributed by atoms with E-state index in [0.717, 1.165) is 0 Å². The van der Waals surface area contributed by atoms with Gasteiger partial charge in [0.2, 0.25) is 0 Å². The Balaban J connectivity index is 6.80. The molecule has 0 spiro atoms. The highest BCUT2D eigenvalue weighted by Gasteiger charge is 2.95. The van der Waals surface area contributed by atoms with Crippen molar-refractivity contribution in [2.75, 3.05) is 6.61 Å². The highest BCUT2D eigenvalue weighted by molar-refractivity contribution is 5.87. The number of carbonyl (C=O) groups excluding carboxylic acids is 1. The minimum atomic E-state index is -8.64. The van der Waals surface area contributed by atoms with Crippen LogP contribution in [0, 0.1) is 0 Å². The van der Waals surface area contributed by atoms with Crippen molar-refractivity contribution in [3.8, 4) is 0 Å². The zero-order valence-corrected chi connectivity index (χ0v) is 17.8. The summed E-state index contributed by atoms with van der Waals surface area (Å²) in [5.41, 5.74) is -1.70. The standard InChI is InChI=1S/C17H15F17O2/c1-4-5-36-9(35)7(2)6-10(19,20)12(23,24)14(27,28)16(31,32)17(33,34)15(29,30)13(25,26)11(21,22)8(3)18/h6,8H,4-5H2,1-3H3. The third-order valence-corrected chi connectivity index (χ3v) is 4.47. The molecule has 0 rings (SSSR count). The quantitative estimate of drug-likeness (QED) is 0.139. The summed E-state index contributed by atoms with van der Waals surface area (Å²) in [6.07, 6.45) is -6.02. The van der Waals surface area contributed by atoms with Crippen molar-refractivity contribution in [2.45, 2.75) is 80.7 Å². The molecule has 0 aromatic heterocycles. The van der Waals surface area contributed by atoms with Crippen molar-refractivity contribution in [3.63, 3.8) is 0 Å². The number of allylic oxidation sites excluding steroid dienone is 1. The Morgan fingerprint density at radius 2 is 1.03 bits per heavy atom. The Morgan fingerprint density at radius 1 is 0.694 bits per heavy atom. The van der Waals surface area contributed by atoms with Crippen LogP contribution in [0.1, 0.15) is 27.2 Å². The van der Waals surface area contributed by atoms with Crippen molar-refractivity contribution in [3.05, 3.63) is 11.6 Å². The Hall–Kier alpha value is -1.98. The molecule has 0 amide bonds. The topological polar surface area (TPSA) is 26.3 Å². The van der Waals surface area contributed by atoms with Gasteiger partial charge in [-0.25, -0.2) is 9.18 Å². The molecule has 0 radical (unpaired) electrons. The normalized spacial score (nSPS) is 16.7. The lowest BCUT2D eigenvalue weighted by Gasteiger charge is -2.43. The van der Waals surface area contributed by atoms with Gasteiger partial charge in [0.15, 0.2) is 6.17 Å². The number of alkyl halides is 17. The lowest BCUT2D eigenvalue weighted by atomic mass is 9.86. The van der Waals surface area contributed by atoms with Gasteiger partial charge in [-0.3, -0.25) is 0 Å². The van der Waals surface area contributed by atoms with E-state index in [9.17, 15) is 79.4 Å². The van der Waals surface area contributed by atoms with Crippen LogP contribution in [0.15, 0.2) is 11.6 Å². The highest BCUT2D eigenvalue weighted by atomic mass is 19.4. The van der Waals surface area contributed by atoms with Gasteiger partial charge in [-0.2, -0.15) is 70.2 Å². The third-order valence-electron chi connectivity index (χ3n) is 4.47. The lowest BCUT2D eigenvalue weighted by molar-refractivity contribution is -0.452. The van der Waals surface area contributed by atoms with Crippen LogP contribution in [-0.4, -0.2) is 66.1 Å². The number of halogens is 17. The largest absolute Gasteiger partial charge is 0.462 e. The van der Waals surface area contributed by atoms with Gasteiger partial charge in [0, 0.05) is 11.6 Å². The molecule has 0 saturated heterocycles. The fourth-order valence-electron chi connectivity index (χ4n) is 2.19. The van der Waals surface area contributed by atoms with Crippen LogP contribution in [0.3, 0.4) is 0 Å². The van der Waals surface area contributed by atoms with Gasteiger partial charge in [-0.15, -0.1) is 0 Å². The first-order valence-electron chi connectivity index (χ1n) is 9.09. The van der Waals surface area contributed by atoms with E-state index < -0.39 is 84.7 Å². The van der Waals surface area contributed by atoms with Crippen molar-refractivity contribution in [1.29, 1.82) is 0 Å². The fourth-order valence-corrected chi connectivity index (χ4v) is 2.19. The highest BCUT2D eigenvalue weighted by Crippen LogP contribution is 2.64. The molecular formula is C17H15F17O2. The second kappa shape index (κ2) is 9.72. The summed E-state index contributed by atoms with van der Waals surface area (Å²) in [6.45, 7) is 0.255. The van der Waals surface area contributed by atoms with E-state index in [-0.39, 0.29) is 13.3 Å². The summed E-state index contributed by atoms with van der Waals surface area (Å²) in [7, 11) is 0. The Morgan fingerprint density at radius 3 is 1.36 bits per heavy atom. The first-order chi connectivity index (χ1) is 15.6. The van der Waals surface area contributed by atoms with Crippen LogP contribution in [0.2, 0.25) is 0 Å². The number of rotatable bonds is 12. The number of hydrogen-bond donors (Lipinski definition) is 0. The maximum absolute atomic E-state index is 13.8. The van der Waals surface area contributed by atoms with Crippen molar-refractivity contribution in [1.82, 2.24) is 0 Å². The average molecular weight is 574 g/mol. The molecule has 0 N–H and O–H groups in total. The summed E-state index contributed by atoms with van der Waals surface area (Å²) >= 11 is 0. The Labute approximate surface area is 190 Å². The molecule has 0 bridgehead atoms. The zero-order chi connectivity index (χ0) is 29.6. The first kappa shape index (κ1) is 34.0. The molecule has 0 aliphatic heterocycles. The first-order valence-corrected chi connectivity index (χ1v) is 9.09. The molecule has 0 heterocycles. The van der Waals surface area contributed by atoms with E-state index in [0.29, 0.717) is 0 Å². The van der Waals surface area contributed by atoms with Gasteiger partial charge in [-0.05, 0) is 20.3 Å². The van der Waals surface area contributed by atoms with Crippen LogP contribution in [0.4, 0.5) is 74.6 Å². The molecule has 1 atom stereocenters. The molecule has 19 heteroatoms. The summed E-state index contributed by atoms with van der Waals surface area (Å²) in [6, 6.07) is 0. The minimum Gasteiger partial charge on any atom is -0.462 e. The molecule has 0 aliphatic carbocycles. The SMILES string of the molecule is CCCOC(=O)C(C)=CC(F)(F)C(F)(F)C(F)(F)C(F)(F)C(F)(F)C(F)(F)C(F)(F)C(F)(F)C(C)F. The lowest BCUT2D eigenvalue weighted by Crippen LogP contribution is -2.75. The van der Waals surface area contributed by atoms with Crippen LogP contribution in [0.5, 0.6) is 0 Å². The predicted octanol–water partition coefficient (Wildman–Crippen LogP) is 7.33. The van der Waals surface area contributed by atoms with Gasteiger partial charge in [0.05, 0.1) is 6.61 Å². The number of ether oxygens (including phenoxy) is 1. The molecule has 0 aliphatic rings. The minimum absolute atomic E-state index is 0.00990. The van der Waals surface area contributed by atoms with Crippen molar-refractivity contribution in [2.24, 2.45) is 0 Å². The molecule has 0 aromatic carbocycles. The molecule has 0 aromatic rings. The van der Waals surface area contributed by atoms with E-state index in [2.05, 4.69) is 4.74 Å². The summed E-state index contributed by atoms with van der Waals surface area (Å²) < 4.78 is 234. The molecule has 0 fully saturated rings. The number of hydrogen-bond acceptors (Lipinski definition) is 2. The van der Waals surface area contributed by atoms with Gasteiger partial charge in [-0.1, -0.05) is 6.92 Å². The van der Waals surface area contributed by atoms with E-state index in [4.69, 9.17) is 0 Å². The average Bonchev–Trinajstić information content (AvgIpc) is 2.70. The zero-order valence-electron chi connectivity index (χ0n) is 17.8. The summed E-state index contributed by atoms with van der Waals surface area (Å²) in [5.74, 6) is -65.6. The van der Waals surface area contributed by atoms with E-state index in [1.165, 1.54) is 6.92 Å². The van der Waals surface area contributed by atoms with Crippen LogP contribution < -0.4 is 0 Å². The Kier molecular flexibility index (Phi) is 9.18. The molecule has 214 valence electrons. The van der Waals surface area contributed by atoms with Gasteiger partial charge < -0.3 is 4.74 Å². The fraction of sp³-hybridized carbons (Fsp3) is 0.824. The number of carbonyl (C=O) groups is 1. The molecule has 0 saturated carbocycles. The summed E-state index contributed by atoms with van der Waals surface area (Å²) in [5, 5.41) is 0. The molecule has 2 nitrogen and oxygen atoms in total. The Bertz CT molecular complexity index is 829. The second-order valence-electron chi connectivity index (χ2n) is 7.27. The van der Waals surface area contributed by atoms with Crippen molar-refractivity contribution < 1.29 is 84.2 Å². The van der Waals surface area contributed by atoms with Gasteiger partial charge in [0.25, 0.3) is 0 Å². The van der Waals surface area contributed by atoms with Crippen molar-refractivity contribution >= 4 is 5.97 Å². The number of esters is 1. The second-order valence-corrected chi connectivity index (χ2v) is 7.27. The molecule has 1 unspecified atom stereocenters. The predicted molar refractivity (Wildman–Crippen MR) is 85.2 cm³/mol. The van der Waals surface area contributed by atoms with Gasteiger partial charge in [0.1, 0.15) is 0 Å². The van der Waals surface area contributed by atoms with Gasteiger partial charge >= 0.3 is 53.3 Å². The van der Waals surface area contributed by atoms with E-state index in [1.54, 1.807) is 0 Å². The third kappa shape index (κ3) is 4.81. The monoisotopic (exact) mass is 574 g/mol. The van der Waals surface area contributed by atoms with E-state index in [1.807, 2.05) is 0 Å². The van der Waals surface area contributed by atoms with Crippen LogP contribution >= 0.6 is 0 Å². The van der Waals surface area contributed by atoms with Crippen LogP contribution in [-0.2, 0) is 9.53 Å². The van der Waals surface area contributed by atoms with E-state index >= 15 is 0 Å². The maximum Gasteiger partial charge on any atom is 0.385 e. The molecule has 36 heavy (non-hydrogen) atoms. The maximum atomic E-state index is 13.8. The molecular weight excluding hydrogens is 559 g/mol. The smallest absolute Gasteiger partial charge is 0.385 e. The summed E-state index contributed by atoms with van der Waals surface area (Å²) in [4.78, 5) is 11.3. The van der Waals surface area contributed by atoms with Crippen LogP contribution in [0.25, 0.3) is 0 Å².